The average molecular weight is 405 g/mol. The van der Waals surface area contributed by atoms with E-state index in [1.54, 1.807) is 0 Å². The molecule has 1 N–H and O–H groups in total. The standard InChI is InChI=1S/C20H25ClN4O3/c1-4-5-10-22-20(26)28-27-12-9-17-14(2)23-24(3)19(17)25-11-8-15-13-16(21)6-7-18(15)25/h6-8,11,13H,4-5,9-10,12H2,1-3H3,(H,22,26). The van der Waals surface area contributed by atoms with Crippen LogP contribution in [0.1, 0.15) is 31.0 Å². The molecule has 0 atom stereocenters. The van der Waals surface area contributed by atoms with E-state index >= 15 is 0 Å². The van der Waals surface area contributed by atoms with Gasteiger partial charge in [-0.3, -0.25) is 9.57 Å². The Morgan fingerprint density at radius 3 is 2.93 bits per heavy atom. The van der Waals surface area contributed by atoms with Crippen LogP contribution >= 0.6 is 11.6 Å². The molecule has 0 aliphatic carbocycles. The lowest BCUT2D eigenvalue weighted by Crippen LogP contribution is -2.25. The maximum absolute atomic E-state index is 11.5. The van der Waals surface area contributed by atoms with E-state index in [2.05, 4.69) is 21.9 Å². The van der Waals surface area contributed by atoms with Crippen LogP contribution < -0.4 is 5.32 Å². The fraction of sp³-hybridized carbons (Fsp3) is 0.400. The zero-order valence-electron chi connectivity index (χ0n) is 16.4. The fourth-order valence-corrected chi connectivity index (χ4v) is 3.40. The molecule has 3 rings (SSSR count). The summed E-state index contributed by atoms with van der Waals surface area (Å²) in [6.07, 6.45) is 3.91. The van der Waals surface area contributed by atoms with Crippen LogP contribution in [0.4, 0.5) is 4.79 Å². The number of unbranched alkanes of at least 4 members (excludes halogenated alkanes) is 1. The Hall–Kier alpha value is -2.51. The van der Waals surface area contributed by atoms with Crippen LogP contribution in [0, 0.1) is 6.92 Å². The van der Waals surface area contributed by atoms with Crippen molar-refractivity contribution in [3.05, 3.63) is 46.7 Å². The van der Waals surface area contributed by atoms with Crippen molar-refractivity contribution in [3.8, 4) is 5.82 Å². The van der Waals surface area contributed by atoms with Crippen LogP contribution in [0.25, 0.3) is 16.7 Å². The minimum atomic E-state index is -0.565. The monoisotopic (exact) mass is 404 g/mol. The maximum atomic E-state index is 11.5. The summed E-state index contributed by atoms with van der Waals surface area (Å²) in [7, 11) is 1.91. The fourth-order valence-electron chi connectivity index (χ4n) is 3.22. The normalized spacial score (nSPS) is 11.1. The van der Waals surface area contributed by atoms with E-state index in [9.17, 15) is 4.79 Å². The number of halogens is 1. The lowest BCUT2D eigenvalue weighted by Gasteiger charge is -2.10. The first-order valence-corrected chi connectivity index (χ1v) is 9.75. The molecule has 0 spiro atoms. The van der Waals surface area contributed by atoms with Gasteiger partial charge in [0.15, 0.2) is 0 Å². The van der Waals surface area contributed by atoms with Crippen LogP contribution in [-0.4, -0.2) is 33.6 Å². The summed E-state index contributed by atoms with van der Waals surface area (Å²) in [5, 5.41) is 8.95. The number of amides is 1. The molecule has 0 aliphatic rings. The molecule has 3 aromatic rings. The lowest BCUT2D eigenvalue weighted by atomic mass is 10.2. The number of carbonyl (C=O) groups is 1. The van der Waals surface area contributed by atoms with E-state index in [1.807, 2.05) is 49.1 Å². The number of hydrogen-bond acceptors (Lipinski definition) is 4. The molecule has 150 valence electrons. The summed E-state index contributed by atoms with van der Waals surface area (Å²) in [5.41, 5.74) is 2.98. The number of fused-ring (bicyclic) bond motifs is 1. The SMILES string of the molecule is CCCCNC(=O)OOCCc1c(C)nn(C)c1-n1ccc2cc(Cl)ccc21. The van der Waals surface area contributed by atoms with Crippen molar-refractivity contribution >= 4 is 28.6 Å². The number of rotatable bonds is 8. The van der Waals surface area contributed by atoms with Crippen molar-refractivity contribution in [2.45, 2.75) is 33.1 Å². The van der Waals surface area contributed by atoms with Gasteiger partial charge in [-0.25, -0.2) is 4.79 Å². The average Bonchev–Trinajstić information content (AvgIpc) is 3.18. The van der Waals surface area contributed by atoms with Gasteiger partial charge in [0.25, 0.3) is 0 Å². The van der Waals surface area contributed by atoms with Crippen molar-refractivity contribution in [3.63, 3.8) is 0 Å². The topological polar surface area (TPSA) is 70.3 Å². The van der Waals surface area contributed by atoms with Gasteiger partial charge in [-0.05, 0) is 37.6 Å². The molecule has 0 bridgehead atoms. The number of aryl methyl sites for hydroxylation is 2. The molecule has 28 heavy (non-hydrogen) atoms. The van der Waals surface area contributed by atoms with E-state index in [1.165, 1.54) is 0 Å². The van der Waals surface area contributed by atoms with Crippen LogP contribution in [0.3, 0.4) is 0 Å². The number of nitrogens with zero attached hydrogens (tertiary/aromatic N) is 3. The van der Waals surface area contributed by atoms with E-state index < -0.39 is 6.09 Å². The van der Waals surface area contributed by atoms with Gasteiger partial charge >= 0.3 is 6.09 Å². The Morgan fingerprint density at radius 1 is 1.32 bits per heavy atom. The van der Waals surface area contributed by atoms with Crippen LogP contribution in [0.5, 0.6) is 0 Å². The number of aromatic nitrogens is 3. The second-order valence-electron chi connectivity index (χ2n) is 6.62. The number of carbonyl (C=O) groups excluding carboxylic acids is 1. The van der Waals surface area contributed by atoms with Crippen LogP contribution in [0.15, 0.2) is 30.5 Å². The van der Waals surface area contributed by atoms with Crippen LogP contribution in [-0.2, 0) is 23.2 Å². The summed E-state index contributed by atoms with van der Waals surface area (Å²) < 4.78 is 3.93. The van der Waals surface area contributed by atoms with Gasteiger partial charge in [0.2, 0.25) is 0 Å². The summed E-state index contributed by atoms with van der Waals surface area (Å²) in [6, 6.07) is 7.82. The molecule has 2 heterocycles. The molecule has 2 aromatic heterocycles. The molecule has 0 radical (unpaired) electrons. The van der Waals surface area contributed by atoms with Gasteiger partial charge in [-0.15, -0.1) is 0 Å². The zero-order valence-corrected chi connectivity index (χ0v) is 17.1. The second kappa shape index (κ2) is 9.12. The predicted molar refractivity (Wildman–Crippen MR) is 109 cm³/mol. The van der Waals surface area contributed by atoms with Crippen molar-refractivity contribution in [1.82, 2.24) is 19.7 Å². The smallest absolute Gasteiger partial charge is 0.319 e. The predicted octanol–water partition coefficient (Wildman–Crippen LogP) is 4.33. The minimum Gasteiger partial charge on any atom is -0.319 e. The number of nitrogens with one attached hydrogen (secondary N) is 1. The van der Waals surface area contributed by atoms with Crippen molar-refractivity contribution in [2.75, 3.05) is 13.2 Å². The Balaban J connectivity index is 1.70. The Labute approximate surface area is 169 Å². The second-order valence-corrected chi connectivity index (χ2v) is 7.06. The molecule has 0 saturated carbocycles. The van der Waals surface area contributed by atoms with Gasteiger partial charge in [0.05, 0.1) is 17.8 Å². The van der Waals surface area contributed by atoms with Crippen LogP contribution in [0.2, 0.25) is 5.02 Å². The van der Waals surface area contributed by atoms with Crippen molar-refractivity contribution < 1.29 is 14.6 Å². The molecule has 8 heteroatoms. The summed E-state index contributed by atoms with van der Waals surface area (Å²) in [5.74, 6) is 0.950. The maximum Gasteiger partial charge on any atom is 0.438 e. The van der Waals surface area contributed by atoms with Gasteiger partial charge in [0, 0.05) is 42.2 Å². The van der Waals surface area contributed by atoms with E-state index in [0.717, 1.165) is 40.8 Å². The largest absolute Gasteiger partial charge is 0.438 e. The van der Waals surface area contributed by atoms with Crippen molar-refractivity contribution in [2.24, 2.45) is 7.05 Å². The van der Waals surface area contributed by atoms with Gasteiger partial charge in [0.1, 0.15) is 5.82 Å². The number of hydrogen-bond donors (Lipinski definition) is 1. The summed E-state index contributed by atoms with van der Waals surface area (Å²) >= 11 is 6.10. The third-order valence-electron chi connectivity index (χ3n) is 4.56. The minimum absolute atomic E-state index is 0.242. The first-order valence-electron chi connectivity index (χ1n) is 9.38. The summed E-state index contributed by atoms with van der Waals surface area (Å²) in [6.45, 7) is 4.83. The Kier molecular flexibility index (Phi) is 6.59. The summed E-state index contributed by atoms with van der Waals surface area (Å²) in [4.78, 5) is 21.4. The van der Waals surface area contributed by atoms with E-state index in [-0.39, 0.29) is 6.61 Å². The quantitative estimate of drug-likeness (QED) is 0.344. The highest BCUT2D eigenvalue weighted by molar-refractivity contribution is 6.31. The highest BCUT2D eigenvalue weighted by atomic mass is 35.5. The highest BCUT2D eigenvalue weighted by Gasteiger charge is 2.17. The lowest BCUT2D eigenvalue weighted by molar-refractivity contribution is -0.237. The highest BCUT2D eigenvalue weighted by Crippen LogP contribution is 2.26. The first-order chi connectivity index (χ1) is 13.5. The molecular weight excluding hydrogens is 380 g/mol. The Morgan fingerprint density at radius 2 is 2.14 bits per heavy atom. The number of benzene rings is 1. The van der Waals surface area contributed by atoms with E-state index in [0.29, 0.717) is 18.0 Å². The molecule has 1 amide bonds. The third-order valence-corrected chi connectivity index (χ3v) is 4.80. The van der Waals surface area contributed by atoms with Crippen molar-refractivity contribution in [1.29, 1.82) is 0 Å². The van der Waals surface area contributed by atoms with Gasteiger partial charge in [-0.1, -0.05) is 24.9 Å². The van der Waals surface area contributed by atoms with Gasteiger partial charge < -0.3 is 9.88 Å². The molecular formula is C20H25ClN4O3. The molecule has 0 unspecified atom stereocenters. The molecule has 0 aliphatic heterocycles. The molecule has 0 saturated heterocycles. The first kappa shape index (κ1) is 20.2. The van der Waals surface area contributed by atoms with E-state index in [4.69, 9.17) is 21.4 Å². The Bertz CT molecular complexity index is 964. The zero-order chi connectivity index (χ0) is 20.1. The molecule has 0 fully saturated rings. The molecule has 7 nitrogen and oxygen atoms in total. The van der Waals surface area contributed by atoms with Gasteiger partial charge in [-0.2, -0.15) is 9.99 Å². The third kappa shape index (κ3) is 4.48. The molecule has 1 aromatic carbocycles.